The third-order valence-electron chi connectivity index (χ3n) is 6.01. The summed E-state index contributed by atoms with van der Waals surface area (Å²) in [6.07, 6.45) is 4.65. The van der Waals surface area contributed by atoms with E-state index in [1.165, 1.54) is 12.3 Å². The van der Waals surface area contributed by atoms with E-state index in [0.717, 1.165) is 22.4 Å². The molecule has 194 valence electrons. The van der Waals surface area contributed by atoms with Gasteiger partial charge >= 0.3 is 0 Å². The molecule has 3 aromatic rings. The first kappa shape index (κ1) is 26.0. The maximum absolute atomic E-state index is 13.1. The maximum atomic E-state index is 13.1. The highest BCUT2D eigenvalue weighted by molar-refractivity contribution is 6.06. The van der Waals surface area contributed by atoms with Gasteiger partial charge in [0.2, 0.25) is 5.91 Å². The highest BCUT2D eigenvalue weighted by Gasteiger charge is 2.25. The van der Waals surface area contributed by atoms with Gasteiger partial charge in [-0.2, -0.15) is 5.10 Å². The molecule has 2 heterocycles. The predicted molar refractivity (Wildman–Crippen MR) is 141 cm³/mol. The van der Waals surface area contributed by atoms with Crippen LogP contribution in [0.3, 0.4) is 0 Å². The van der Waals surface area contributed by atoms with Gasteiger partial charge in [-0.1, -0.05) is 18.2 Å². The number of nitrogens with zero attached hydrogens (tertiary/aromatic N) is 3. The van der Waals surface area contributed by atoms with Crippen LogP contribution in [0.5, 0.6) is 11.5 Å². The Morgan fingerprint density at radius 1 is 1.16 bits per heavy atom. The van der Waals surface area contributed by atoms with E-state index in [0.29, 0.717) is 56.6 Å². The minimum Gasteiger partial charge on any atom is -0.496 e. The molecule has 2 amide bonds. The molecular formula is C28H32N4O5. The zero-order valence-corrected chi connectivity index (χ0v) is 21.4. The van der Waals surface area contributed by atoms with Crippen LogP contribution in [0.2, 0.25) is 0 Å². The smallest absolute Gasteiger partial charge is 0.274 e. The number of methoxy groups -OCH3 is 1. The van der Waals surface area contributed by atoms with E-state index in [1.54, 1.807) is 22.8 Å². The summed E-state index contributed by atoms with van der Waals surface area (Å²) < 4.78 is 18.4. The van der Waals surface area contributed by atoms with Crippen molar-refractivity contribution in [1.82, 2.24) is 14.7 Å². The Hall–Kier alpha value is -4.11. The summed E-state index contributed by atoms with van der Waals surface area (Å²) >= 11 is 0. The number of carbonyl (C=O) groups excluding carboxylic acids is 2. The van der Waals surface area contributed by atoms with Gasteiger partial charge in [0, 0.05) is 31.3 Å². The number of morpholine rings is 1. The lowest BCUT2D eigenvalue weighted by molar-refractivity contribution is -0.111. The van der Waals surface area contributed by atoms with Gasteiger partial charge in [-0.3, -0.25) is 14.3 Å². The van der Waals surface area contributed by atoms with Crippen molar-refractivity contribution in [3.05, 3.63) is 77.1 Å². The van der Waals surface area contributed by atoms with E-state index >= 15 is 0 Å². The second-order valence-electron chi connectivity index (χ2n) is 8.63. The number of nitrogens with one attached hydrogen (secondary N) is 1. The average molecular weight is 505 g/mol. The van der Waals surface area contributed by atoms with E-state index in [2.05, 4.69) is 10.4 Å². The standard InChI is InChI=1S/C28H32N4O5/c1-4-32-27(28(34)31-12-14-36-15-13-31)24(18-29-32)30-26(33)11-9-21-8-10-25(35-3)22(17-21)19-37-23-7-5-6-20(2)16-23/h5-11,16-18H,4,12-15,19H2,1-3H3,(H,30,33)/b11-9+. The third-order valence-corrected chi connectivity index (χ3v) is 6.01. The summed E-state index contributed by atoms with van der Waals surface area (Å²) in [5.41, 5.74) is 3.54. The van der Waals surface area contributed by atoms with Gasteiger partial charge in [0.1, 0.15) is 23.8 Å². The molecule has 1 aliphatic rings. The van der Waals surface area contributed by atoms with Gasteiger partial charge < -0.3 is 24.4 Å². The number of hydrogen-bond acceptors (Lipinski definition) is 6. The number of amides is 2. The molecule has 0 saturated carbocycles. The molecule has 37 heavy (non-hydrogen) atoms. The Morgan fingerprint density at radius 3 is 2.70 bits per heavy atom. The van der Waals surface area contributed by atoms with Gasteiger partial charge in [0.25, 0.3) is 5.91 Å². The SMILES string of the molecule is CCn1ncc(NC(=O)/C=C/c2ccc(OC)c(COc3cccc(C)c3)c2)c1C(=O)N1CCOCC1. The number of rotatable bonds is 9. The molecule has 0 bridgehead atoms. The molecule has 1 aliphatic heterocycles. The van der Waals surface area contributed by atoms with Crippen LogP contribution in [0, 0.1) is 6.92 Å². The number of benzene rings is 2. The molecule has 0 spiro atoms. The van der Waals surface area contributed by atoms with Crippen LogP contribution in [0.4, 0.5) is 5.69 Å². The summed E-state index contributed by atoms with van der Waals surface area (Å²) in [7, 11) is 1.61. The fraction of sp³-hybridized carbons (Fsp3) is 0.321. The topological polar surface area (TPSA) is 94.9 Å². The van der Waals surface area contributed by atoms with Gasteiger partial charge in [0.05, 0.1) is 32.2 Å². The van der Waals surface area contributed by atoms with Crippen LogP contribution in [0.25, 0.3) is 6.08 Å². The lowest BCUT2D eigenvalue weighted by Gasteiger charge is -2.27. The number of hydrogen-bond donors (Lipinski definition) is 1. The highest BCUT2D eigenvalue weighted by atomic mass is 16.5. The van der Waals surface area contributed by atoms with Crippen molar-refractivity contribution in [2.45, 2.75) is 27.0 Å². The Labute approximate surface area is 216 Å². The lowest BCUT2D eigenvalue weighted by atomic mass is 10.1. The van der Waals surface area contributed by atoms with Crippen molar-refractivity contribution >= 4 is 23.6 Å². The average Bonchev–Trinajstić information content (AvgIpc) is 3.33. The summed E-state index contributed by atoms with van der Waals surface area (Å²) in [6.45, 7) is 6.76. The van der Waals surface area contributed by atoms with Crippen LogP contribution in [0.15, 0.2) is 54.7 Å². The molecule has 2 aromatic carbocycles. The highest BCUT2D eigenvalue weighted by Crippen LogP contribution is 2.24. The molecule has 1 saturated heterocycles. The van der Waals surface area contributed by atoms with Crippen LogP contribution in [-0.2, 0) is 22.7 Å². The number of carbonyl (C=O) groups is 2. The maximum Gasteiger partial charge on any atom is 0.274 e. The quantitative estimate of drug-likeness (QED) is 0.444. The fourth-order valence-electron chi connectivity index (χ4n) is 4.09. The first-order valence-corrected chi connectivity index (χ1v) is 12.3. The Kier molecular flexibility index (Phi) is 8.58. The van der Waals surface area contributed by atoms with Gasteiger partial charge in [-0.25, -0.2) is 0 Å². The van der Waals surface area contributed by atoms with E-state index in [4.69, 9.17) is 14.2 Å². The van der Waals surface area contributed by atoms with Crippen molar-refractivity contribution in [1.29, 1.82) is 0 Å². The third kappa shape index (κ3) is 6.56. The van der Waals surface area contributed by atoms with Gasteiger partial charge in [-0.05, 0) is 55.3 Å². The van der Waals surface area contributed by atoms with E-state index in [9.17, 15) is 9.59 Å². The number of ether oxygens (including phenoxy) is 3. The molecule has 0 radical (unpaired) electrons. The van der Waals surface area contributed by atoms with Crippen LogP contribution in [0.1, 0.15) is 34.1 Å². The van der Waals surface area contributed by atoms with Crippen molar-refractivity contribution in [2.24, 2.45) is 0 Å². The number of aromatic nitrogens is 2. The predicted octanol–water partition coefficient (Wildman–Crippen LogP) is 3.92. The molecule has 1 aromatic heterocycles. The van der Waals surface area contributed by atoms with Gasteiger partial charge in [-0.15, -0.1) is 0 Å². The molecule has 1 fully saturated rings. The van der Waals surface area contributed by atoms with Crippen molar-refractivity contribution < 1.29 is 23.8 Å². The van der Waals surface area contributed by atoms with Crippen LogP contribution < -0.4 is 14.8 Å². The van der Waals surface area contributed by atoms with E-state index < -0.39 is 0 Å². The molecule has 0 unspecified atom stereocenters. The summed E-state index contributed by atoms with van der Waals surface area (Å²) in [6, 6.07) is 13.5. The Morgan fingerprint density at radius 2 is 1.97 bits per heavy atom. The van der Waals surface area contributed by atoms with E-state index in [1.807, 2.05) is 56.3 Å². The molecule has 9 heteroatoms. The molecule has 4 rings (SSSR count). The number of anilines is 1. The minimum absolute atomic E-state index is 0.171. The lowest BCUT2D eigenvalue weighted by Crippen LogP contribution is -2.41. The fourth-order valence-corrected chi connectivity index (χ4v) is 4.09. The van der Waals surface area contributed by atoms with E-state index in [-0.39, 0.29) is 11.8 Å². The largest absolute Gasteiger partial charge is 0.496 e. The normalized spacial score (nSPS) is 13.5. The second kappa shape index (κ2) is 12.2. The Bertz CT molecular complexity index is 1280. The number of aryl methyl sites for hydroxylation is 2. The Balaban J connectivity index is 1.45. The monoisotopic (exact) mass is 504 g/mol. The van der Waals surface area contributed by atoms with Crippen LogP contribution in [-0.4, -0.2) is 59.9 Å². The van der Waals surface area contributed by atoms with Crippen molar-refractivity contribution in [2.75, 3.05) is 38.7 Å². The molecule has 0 atom stereocenters. The first-order chi connectivity index (χ1) is 18.0. The van der Waals surface area contributed by atoms with Crippen molar-refractivity contribution in [3.8, 4) is 11.5 Å². The molecule has 1 N–H and O–H groups in total. The summed E-state index contributed by atoms with van der Waals surface area (Å²) in [4.78, 5) is 27.6. The summed E-state index contributed by atoms with van der Waals surface area (Å²) in [5.74, 6) is 0.945. The zero-order chi connectivity index (χ0) is 26.2. The molecule has 0 aliphatic carbocycles. The first-order valence-electron chi connectivity index (χ1n) is 12.3. The zero-order valence-electron chi connectivity index (χ0n) is 21.4. The molecule has 9 nitrogen and oxygen atoms in total. The minimum atomic E-state index is -0.361. The van der Waals surface area contributed by atoms with Crippen LogP contribution >= 0.6 is 0 Å². The van der Waals surface area contributed by atoms with Gasteiger partial charge in [0.15, 0.2) is 0 Å². The summed E-state index contributed by atoms with van der Waals surface area (Å²) in [5, 5.41) is 7.08. The van der Waals surface area contributed by atoms with Crippen molar-refractivity contribution in [3.63, 3.8) is 0 Å². The molecular weight excluding hydrogens is 472 g/mol. The second-order valence-corrected chi connectivity index (χ2v) is 8.63.